The van der Waals surface area contributed by atoms with Crippen LogP contribution < -0.4 is 14.5 Å². The molecule has 0 aliphatic rings. The van der Waals surface area contributed by atoms with Crippen LogP contribution in [0.4, 0.5) is 11.4 Å². The second kappa shape index (κ2) is 8.43. The SMILES string of the molecule is Cc1ccc(N(CC(=O)NCc2ccc(N(C)C)cc2)S(C)(=O)=O)cc1C. The van der Waals surface area contributed by atoms with Crippen LogP contribution in [0.5, 0.6) is 0 Å². The molecule has 0 saturated carbocycles. The van der Waals surface area contributed by atoms with Crippen LogP contribution >= 0.6 is 0 Å². The molecule has 2 aromatic carbocycles. The standard InChI is InChI=1S/C20H27N3O3S/c1-15-6-9-19(12-16(15)2)23(27(5,25)26)14-20(24)21-13-17-7-10-18(11-8-17)22(3)4/h6-12H,13-14H2,1-5H3,(H,21,24). The summed E-state index contributed by atoms with van der Waals surface area (Å²) in [6.45, 7) is 3.96. The highest BCUT2D eigenvalue weighted by Crippen LogP contribution is 2.21. The quantitative estimate of drug-likeness (QED) is 0.790. The zero-order chi connectivity index (χ0) is 20.2. The number of rotatable bonds is 7. The Hall–Kier alpha value is -2.54. The maximum Gasteiger partial charge on any atom is 0.241 e. The van der Waals surface area contributed by atoms with Gasteiger partial charge in [0.2, 0.25) is 15.9 Å². The molecule has 146 valence electrons. The first-order valence-electron chi connectivity index (χ1n) is 8.66. The molecule has 0 unspecified atom stereocenters. The predicted octanol–water partition coefficient (Wildman–Crippen LogP) is 2.45. The molecular weight excluding hydrogens is 362 g/mol. The number of carbonyl (C=O) groups excluding carboxylic acids is 1. The van der Waals surface area contributed by atoms with Crippen LogP contribution in [0, 0.1) is 13.8 Å². The Morgan fingerprint density at radius 1 is 0.963 bits per heavy atom. The second-order valence-corrected chi connectivity index (χ2v) is 8.78. The number of sulfonamides is 1. The van der Waals surface area contributed by atoms with E-state index in [0.717, 1.165) is 32.9 Å². The third kappa shape index (κ3) is 5.72. The van der Waals surface area contributed by atoms with Crippen molar-refractivity contribution in [2.24, 2.45) is 0 Å². The van der Waals surface area contributed by atoms with Crippen molar-refractivity contribution in [3.63, 3.8) is 0 Å². The van der Waals surface area contributed by atoms with E-state index >= 15 is 0 Å². The van der Waals surface area contributed by atoms with Gasteiger partial charge in [0.1, 0.15) is 6.54 Å². The first kappa shape index (κ1) is 20.8. The molecule has 6 nitrogen and oxygen atoms in total. The maximum atomic E-state index is 12.3. The fourth-order valence-electron chi connectivity index (χ4n) is 2.58. The largest absolute Gasteiger partial charge is 0.378 e. The number of nitrogens with one attached hydrogen (secondary N) is 1. The molecule has 0 radical (unpaired) electrons. The van der Waals surface area contributed by atoms with Crippen molar-refractivity contribution in [1.82, 2.24) is 5.32 Å². The zero-order valence-electron chi connectivity index (χ0n) is 16.5. The van der Waals surface area contributed by atoms with Gasteiger partial charge in [-0.15, -0.1) is 0 Å². The molecular formula is C20H27N3O3S. The summed E-state index contributed by atoms with van der Waals surface area (Å²) in [7, 11) is 0.350. The summed E-state index contributed by atoms with van der Waals surface area (Å²) < 4.78 is 25.5. The average molecular weight is 390 g/mol. The van der Waals surface area contributed by atoms with Crippen molar-refractivity contribution in [3.8, 4) is 0 Å². The van der Waals surface area contributed by atoms with Crippen molar-refractivity contribution in [3.05, 3.63) is 59.2 Å². The van der Waals surface area contributed by atoms with Gasteiger partial charge in [-0.1, -0.05) is 18.2 Å². The molecule has 0 aromatic heterocycles. The van der Waals surface area contributed by atoms with Crippen molar-refractivity contribution in [2.75, 3.05) is 36.1 Å². The lowest BCUT2D eigenvalue weighted by atomic mass is 10.1. The van der Waals surface area contributed by atoms with E-state index in [1.165, 1.54) is 0 Å². The first-order valence-corrected chi connectivity index (χ1v) is 10.5. The Bertz CT molecular complexity index is 907. The van der Waals surface area contributed by atoms with E-state index < -0.39 is 10.0 Å². The van der Waals surface area contributed by atoms with Gasteiger partial charge in [0.25, 0.3) is 0 Å². The third-order valence-electron chi connectivity index (χ3n) is 4.41. The predicted molar refractivity (Wildman–Crippen MR) is 111 cm³/mol. The molecule has 7 heteroatoms. The van der Waals surface area contributed by atoms with Crippen LogP contribution in [0.3, 0.4) is 0 Å². The van der Waals surface area contributed by atoms with E-state index in [4.69, 9.17) is 0 Å². The summed E-state index contributed by atoms with van der Waals surface area (Å²) in [5.74, 6) is -0.352. The van der Waals surface area contributed by atoms with Crippen molar-refractivity contribution >= 4 is 27.3 Å². The molecule has 0 aliphatic carbocycles. The lowest BCUT2D eigenvalue weighted by Crippen LogP contribution is -2.40. The highest BCUT2D eigenvalue weighted by Gasteiger charge is 2.21. The molecule has 0 bridgehead atoms. The van der Waals surface area contributed by atoms with Crippen molar-refractivity contribution < 1.29 is 13.2 Å². The van der Waals surface area contributed by atoms with Crippen molar-refractivity contribution in [1.29, 1.82) is 0 Å². The van der Waals surface area contributed by atoms with Gasteiger partial charge in [-0.25, -0.2) is 8.42 Å². The van der Waals surface area contributed by atoms with Crippen LogP contribution in [-0.4, -0.2) is 41.2 Å². The van der Waals surface area contributed by atoms with E-state index in [-0.39, 0.29) is 12.5 Å². The topological polar surface area (TPSA) is 69.7 Å². The zero-order valence-corrected chi connectivity index (χ0v) is 17.3. The fraction of sp³-hybridized carbons (Fsp3) is 0.350. The van der Waals surface area contributed by atoms with Crippen molar-refractivity contribution in [2.45, 2.75) is 20.4 Å². The normalized spacial score (nSPS) is 11.1. The molecule has 1 amide bonds. The minimum atomic E-state index is -3.57. The minimum absolute atomic E-state index is 0.253. The van der Waals surface area contributed by atoms with Gasteiger partial charge in [0.05, 0.1) is 11.9 Å². The monoisotopic (exact) mass is 389 g/mol. The lowest BCUT2D eigenvalue weighted by molar-refractivity contribution is -0.119. The van der Waals surface area contributed by atoms with E-state index in [2.05, 4.69) is 5.32 Å². The highest BCUT2D eigenvalue weighted by atomic mass is 32.2. The molecule has 27 heavy (non-hydrogen) atoms. The number of aryl methyl sites for hydroxylation is 2. The summed E-state index contributed by atoms with van der Waals surface area (Å²) in [6.07, 6.45) is 1.11. The number of nitrogens with zero attached hydrogens (tertiary/aromatic N) is 2. The number of benzene rings is 2. The Morgan fingerprint density at radius 3 is 2.07 bits per heavy atom. The second-order valence-electron chi connectivity index (χ2n) is 6.88. The molecule has 2 rings (SSSR count). The Balaban J connectivity index is 2.06. The van der Waals surface area contributed by atoms with Gasteiger partial charge in [0, 0.05) is 26.3 Å². The van der Waals surface area contributed by atoms with Crippen LogP contribution in [0.1, 0.15) is 16.7 Å². The molecule has 0 fully saturated rings. The molecule has 0 atom stereocenters. The van der Waals surface area contributed by atoms with Gasteiger partial charge >= 0.3 is 0 Å². The number of hydrogen-bond acceptors (Lipinski definition) is 4. The molecule has 0 heterocycles. The van der Waals surface area contributed by atoms with E-state index in [9.17, 15) is 13.2 Å². The summed E-state index contributed by atoms with van der Waals surface area (Å²) in [4.78, 5) is 14.3. The van der Waals surface area contributed by atoms with Crippen LogP contribution in [0.25, 0.3) is 0 Å². The third-order valence-corrected chi connectivity index (χ3v) is 5.55. The Labute approximate surface area is 161 Å². The summed E-state index contributed by atoms with van der Waals surface area (Å²) in [5, 5.41) is 2.79. The summed E-state index contributed by atoms with van der Waals surface area (Å²) in [6, 6.07) is 13.2. The maximum absolute atomic E-state index is 12.3. The smallest absolute Gasteiger partial charge is 0.241 e. The number of carbonyl (C=O) groups is 1. The number of amides is 1. The van der Waals surface area contributed by atoms with E-state index in [1.807, 2.05) is 63.2 Å². The minimum Gasteiger partial charge on any atom is -0.378 e. The fourth-order valence-corrected chi connectivity index (χ4v) is 3.43. The van der Waals surface area contributed by atoms with Gasteiger partial charge in [-0.2, -0.15) is 0 Å². The number of anilines is 2. The average Bonchev–Trinajstić information content (AvgIpc) is 2.59. The summed E-state index contributed by atoms with van der Waals surface area (Å²) in [5.41, 5.74) is 4.56. The van der Waals surface area contributed by atoms with Gasteiger partial charge in [0.15, 0.2) is 0 Å². The van der Waals surface area contributed by atoms with Gasteiger partial charge in [-0.3, -0.25) is 9.10 Å². The number of hydrogen-bond donors (Lipinski definition) is 1. The Morgan fingerprint density at radius 2 is 1.56 bits per heavy atom. The van der Waals surface area contributed by atoms with Crippen LogP contribution in [0.2, 0.25) is 0 Å². The first-order chi connectivity index (χ1) is 12.6. The highest BCUT2D eigenvalue weighted by molar-refractivity contribution is 7.92. The Kier molecular flexibility index (Phi) is 6.49. The van der Waals surface area contributed by atoms with Crippen LogP contribution in [0.15, 0.2) is 42.5 Å². The molecule has 1 N–H and O–H groups in total. The van der Waals surface area contributed by atoms with E-state index in [0.29, 0.717) is 12.2 Å². The van der Waals surface area contributed by atoms with Gasteiger partial charge in [-0.05, 0) is 54.8 Å². The lowest BCUT2D eigenvalue weighted by Gasteiger charge is -2.22. The summed E-state index contributed by atoms with van der Waals surface area (Å²) >= 11 is 0. The van der Waals surface area contributed by atoms with Gasteiger partial charge < -0.3 is 10.2 Å². The van der Waals surface area contributed by atoms with E-state index in [1.54, 1.807) is 12.1 Å². The molecule has 2 aromatic rings. The molecule has 0 spiro atoms. The molecule has 0 saturated heterocycles. The molecule has 0 aliphatic heterocycles. The van der Waals surface area contributed by atoms with Crippen LogP contribution in [-0.2, 0) is 21.4 Å².